The largest absolute Gasteiger partial charge is 0.420 e. The molecule has 1 aromatic carbocycles. The van der Waals surface area contributed by atoms with Gasteiger partial charge in [0.2, 0.25) is 11.8 Å². The van der Waals surface area contributed by atoms with Crippen LogP contribution in [0.3, 0.4) is 0 Å². The van der Waals surface area contributed by atoms with Gasteiger partial charge in [-0.2, -0.15) is 0 Å². The Morgan fingerprint density at radius 3 is 2.88 bits per heavy atom. The number of carbonyl (C=O) groups excluding carboxylic acids is 1. The van der Waals surface area contributed by atoms with E-state index in [1.807, 2.05) is 58.8 Å². The van der Waals surface area contributed by atoms with Crippen molar-refractivity contribution in [1.29, 1.82) is 0 Å². The molecule has 26 heavy (non-hydrogen) atoms. The van der Waals surface area contributed by atoms with Crippen LogP contribution in [-0.2, 0) is 4.79 Å². The summed E-state index contributed by atoms with van der Waals surface area (Å²) in [7, 11) is 0. The number of nitrogens with zero attached hydrogens (tertiary/aromatic N) is 3. The van der Waals surface area contributed by atoms with Crippen molar-refractivity contribution < 1.29 is 9.21 Å². The van der Waals surface area contributed by atoms with E-state index in [1.165, 1.54) is 0 Å². The predicted octanol–water partition coefficient (Wildman–Crippen LogP) is 4.22. The molecule has 1 aliphatic rings. The molecule has 6 heteroatoms. The zero-order valence-corrected chi connectivity index (χ0v) is 15.1. The standard InChI is InChI=1S/C20H19N3O2S/c24-18(11-10-15-6-2-1-3-7-15)23-12-4-8-16(14-23)19-21-22-20(25-19)17-9-5-13-26-17/h1-3,5-7,9-11,13,16H,4,8,12,14H2. The van der Waals surface area contributed by atoms with Crippen LogP contribution in [-0.4, -0.2) is 34.1 Å². The van der Waals surface area contributed by atoms with E-state index in [0.29, 0.717) is 18.3 Å². The minimum atomic E-state index is 0.0246. The monoisotopic (exact) mass is 365 g/mol. The van der Waals surface area contributed by atoms with Gasteiger partial charge in [-0.15, -0.1) is 21.5 Å². The lowest BCUT2D eigenvalue weighted by molar-refractivity contribution is -0.127. The van der Waals surface area contributed by atoms with E-state index in [1.54, 1.807) is 17.4 Å². The quantitative estimate of drug-likeness (QED) is 0.650. The summed E-state index contributed by atoms with van der Waals surface area (Å²) in [5.74, 6) is 1.30. The number of amides is 1. The highest BCUT2D eigenvalue weighted by Gasteiger charge is 2.27. The van der Waals surface area contributed by atoms with Crippen LogP contribution in [0.1, 0.15) is 30.2 Å². The molecule has 0 bridgehead atoms. The highest BCUT2D eigenvalue weighted by molar-refractivity contribution is 7.13. The maximum absolute atomic E-state index is 12.5. The van der Waals surface area contributed by atoms with Crippen LogP contribution in [0.25, 0.3) is 16.8 Å². The fourth-order valence-electron chi connectivity index (χ4n) is 3.12. The van der Waals surface area contributed by atoms with Gasteiger partial charge >= 0.3 is 0 Å². The summed E-state index contributed by atoms with van der Waals surface area (Å²) in [4.78, 5) is 15.3. The lowest BCUT2D eigenvalue weighted by atomic mass is 9.98. The number of thiophene rings is 1. The van der Waals surface area contributed by atoms with Crippen molar-refractivity contribution in [2.75, 3.05) is 13.1 Å². The molecule has 2 aromatic heterocycles. The van der Waals surface area contributed by atoms with Crippen molar-refractivity contribution >= 4 is 23.3 Å². The number of hydrogen-bond acceptors (Lipinski definition) is 5. The molecular weight excluding hydrogens is 346 g/mol. The smallest absolute Gasteiger partial charge is 0.257 e. The topological polar surface area (TPSA) is 59.2 Å². The number of rotatable bonds is 4. The maximum atomic E-state index is 12.5. The van der Waals surface area contributed by atoms with Crippen molar-refractivity contribution in [2.45, 2.75) is 18.8 Å². The van der Waals surface area contributed by atoms with E-state index < -0.39 is 0 Å². The third-order valence-electron chi connectivity index (χ3n) is 4.47. The van der Waals surface area contributed by atoms with Gasteiger partial charge in [-0.05, 0) is 35.9 Å². The Labute approximate surface area is 156 Å². The zero-order chi connectivity index (χ0) is 17.8. The van der Waals surface area contributed by atoms with E-state index in [2.05, 4.69) is 10.2 Å². The van der Waals surface area contributed by atoms with Gasteiger partial charge in [0.15, 0.2) is 0 Å². The molecule has 1 fully saturated rings. The van der Waals surface area contributed by atoms with E-state index in [9.17, 15) is 4.79 Å². The van der Waals surface area contributed by atoms with Crippen molar-refractivity contribution in [3.8, 4) is 10.8 Å². The molecule has 5 nitrogen and oxygen atoms in total. The van der Waals surface area contributed by atoms with Gasteiger partial charge in [-0.3, -0.25) is 4.79 Å². The van der Waals surface area contributed by atoms with Crippen molar-refractivity contribution in [3.05, 3.63) is 65.4 Å². The summed E-state index contributed by atoms with van der Waals surface area (Å²) in [6, 6.07) is 13.8. The average molecular weight is 365 g/mol. The average Bonchev–Trinajstić information content (AvgIpc) is 3.38. The van der Waals surface area contributed by atoms with Crippen LogP contribution in [0.15, 0.2) is 58.3 Å². The van der Waals surface area contributed by atoms with Crippen LogP contribution in [0.4, 0.5) is 0 Å². The molecule has 0 radical (unpaired) electrons. The van der Waals surface area contributed by atoms with Crippen LogP contribution < -0.4 is 0 Å². The van der Waals surface area contributed by atoms with Gasteiger partial charge in [0, 0.05) is 19.2 Å². The first-order valence-electron chi connectivity index (χ1n) is 8.69. The van der Waals surface area contributed by atoms with E-state index >= 15 is 0 Å². The third kappa shape index (κ3) is 3.75. The number of piperidine rings is 1. The zero-order valence-electron chi connectivity index (χ0n) is 14.2. The normalized spacial score (nSPS) is 17.7. The number of hydrogen-bond donors (Lipinski definition) is 0. The second-order valence-corrected chi connectivity index (χ2v) is 7.24. The molecule has 3 heterocycles. The molecule has 0 aliphatic carbocycles. The van der Waals surface area contributed by atoms with Crippen LogP contribution in [0.2, 0.25) is 0 Å². The Hall–Kier alpha value is -2.73. The Morgan fingerprint density at radius 2 is 2.08 bits per heavy atom. The van der Waals surface area contributed by atoms with E-state index in [4.69, 9.17) is 4.42 Å². The SMILES string of the molecule is O=C(C=Cc1ccccc1)N1CCCC(c2nnc(-c3cccs3)o2)C1. The number of carbonyl (C=O) groups is 1. The Morgan fingerprint density at radius 1 is 1.19 bits per heavy atom. The van der Waals surface area contributed by atoms with Crippen molar-refractivity contribution in [1.82, 2.24) is 15.1 Å². The van der Waals surface area contributed by atoms with Gasteiger partial charge in [0.1, 0.15) is 0 Å². The van der Waals surface area contributed by atoms with E-state index in [0.717, 1.165) is 29.8 Å². The van der Waals surface area contributed by atoms with Gasteiger partial charge in [0.05, 0.1) is 10.8 Å². The van der Waals surface area contributed by atoms with Crippen LogP contribution in [0, 0.1) is 0 Å². The fraction of sp³-hybridized carbons (Fsp3) is 0.250. The molecule has 1 amide bonds. The number of aromatic nitrogens is 2. The summed E-state index contributed by atoms with van der Waals surface area (Å²) in [6.45, 7) is 1.38. The van der Waals surface area contributed by atoms with Gasteiger partial charge in [-0.25, -0.2) is 0 Å². The first kappa shape index (κ1) is 16.7. The van der Waals surface area contributed by atoms with Crippen molar-refractivity contribution in [3.63, 3.8) is 0 Å². The Kier molecular flexibility index (Phi) is 4.93. The fourth-order valence-corrected chi connectivity index (χ4v) is 3.76. The minimum absolute atomic E-state index is 0.0246. The van der Waals surface area contributed by atoms with Gasteiger partial charge in [0.25, 0.3) is 5.89 Å². The first-order valence-corrected chi connectivity index (χ1v) is 9.57. The van der Waals surface area contributed by atoms with Crippen molar-refractivity contribution in [2.24, 2.45) is 0 Å². The predicted molar refractivity (Wildman–Crippen MR) is 102 cm³/mol. The molecule has 1 saturated heterocycles. The van der Waals surface area contributed by atoms with Gasteiger partial charge in [-0.1, -0.05) is 36.4 Å². The van der Waals surface area contributed by atoms with Crippen LogP contribution in [0.5, 0.6) is 0 Å². The molecule has 1 aliphatic heterocycles. The highest BCUT2D eigenvalue weighted by Crippen LogP contribution is 2.30. The first-order chi connectivity index (χ1) is 12.8. The summed E-state index contributed by atoms with van der Waals surface area (Å²) in [6.07, 6.45) is 5.39. The Bertz CT molecular complexity index is 887. The number of likely N-dealkylation sites (tertiary alicyclic amines) is 1. The molecule has 0 saturated carbocycles. The Balaban J connectivity index is 1.42. The molecule has 132 valence electrons. The van der Waals surface area contributed by atoms with Crippen LogP contribution >= 0.6 is 11.3 Å². The lowest BCUT2D eigenvalue weighted by Crippen LogP contribution is -2.38. The third-order valence-corrected chi connectivity index (χ3v) is 5.33. The molecule has 3 aromatic rings. The summed E-state index contributed by atoms with van der Waals surface area (Å²) in [5, 5.41) is 10.4. The maximum Gasteiger partial charge on any atom is 0.257 e. The molecule has 1 atom stereocenters. The highest BCUT2D eigenvalue weighted by atomic mass is 32.1. The molecule has 0 spiro atoms. The summed E-state index contributed by atoms with van der Waals surface area (Å²) in [5.41, 5.74) is 1.02. The number of benzene rings is 1. The molecule has 0 N–H and O–H groups in total. The summed E-state index contributed by atoms with van der Waals surface area (Å²) >= 11 is 1.58. The molecular formula is C20H19N3O2S. The molecule has 4 rings (SSSR count). The summed E-state index contributed by atoms with van der Waals surface area (Å²) < 4.78 is 5.86. The van der Waals surface area contributed by atoms with E-state index in [-0.39, 0.29) is 11.8 Å². The second kappa shape index (κ2) is 7.66. The molecule has 1 unspecified atom stereocenters. The second-order valence-electron chi connectivity index (χ2n) is 6.29. The van der Waals surface area contributed by atoms with Gasteiger partial charge < -0.3 is 9.32 Å². The minimum Gasteiger partial charge on any atom is -0.420 e. The lowest BCUT2D eigenvalue weighted by Gasteiger charge is -2.30.